The molecule has 0 aliphatic carbocycles. The number of hydrogen-bond donors (Lipinski definition) is 1. The second-order valence-electron chi connectivity index (χ2n) is 4.54. The predicted octanol–water partition coefficient (Wildman–Crippen LogP) is 2.24. The lowest BCUT2D eigenvalue weighted by Gasteiger charge is -2.12. The third-order valence-electron chi connectivity index (χ3n) is 2.98. The highest BCUT2D eigenvalue weighted by molar-refractivity contribution is 5.52. The van der Waals surface area contributed by atoms with Crippen molar-refractivity contribution in [1.82, 2.24) is 9.55 Å². The summed E-state index contributed by atoms with van der Waals surface area (Å²) in [7, 11) is 1.99. The van der Waals surface area contributed by atoms with Crippen LogP contribution in [0.2, 0.25) is 0 Å². The smallest absolute Gasteiger partial charge is 0.125 e. The van der Waals surface area contributed by atoms with Gasteiger partial charge in [0.15, 0.2) is 0 Å². The average molecular weight is 245 g/mol. The van der Waals surface area contributed by atoms with Crippen molar-refractivity contribution < 1.29 is 4.74 Å². The fraction of sp³-hybridized carbons (Fsp3) is 0.357. The molecule has 0 aliphatic rings. The first kappa shape index (κ1) is 12.5. The van der Waals surface area contributed by atoms with E-state index in [9.17, 15) is 0 Å². The number of benzene rings is 1. The van der Waals surface area contributed by atoms with Crippen LogP contribution in [0.4, 0.5) is 5.69 Å². The molecule has 1 aromatic carbocycles. The second-order valence-corrected chi connectivity index (χ2v) is 4.54. The quantitative estimate of drug-likeness (QED) is 0.840. The molecule has 0 radical (unpaired) electrons. The van der Waals surface area contributed by atoms with Gasteiger partial charge >= 0.3 is 0 Å². The molecule has 4 nitrogen and oxygen atoms in total. The predicted molar refractivity (Wildman–Crippen MR) is 72.7 cm³/mol. The van der Waals surface area contributed by atoms with Crippen molar-refractivity contribution in [2.24, 2.45) is 7.05 Å². The minimum absolute atomic E-state index is 0.621. The van der Waals surface area contributed by atoms with Crippen molar-refractivity contribution in [3.63, 3.8) is 0 Å². The summed E-state index contributed by atoms with van der Waals surface area (Å²) in [5.74, 6) is 1.96. The van der Waals surface area contributed by atoms with Crippen molar-refractivity contribution in [2.75, 3.05) is 12.3 Å². The molecule has 0 amide bonds. The zero-order valence-electron chi connectivity index (χ0n) is 11.1. The molecule has 0 unspecified atom stereocenters. The first-order valence-corrected chi connectivity index (χ1v) is 6.03. The Morgan fingerprint density at radius 1 is 1.28 bits per heavy atom. The van der Waals surface area contributed by atoms with Crippen LogP contribution >= 0.6 is 0 Å². The van der Waals surface area contributed by atoms with Gasteiger partial charge in [0.25, 0.3) is 0 Å². The van der Waals surface area contributed by atoms with Gasteiger partial charge in [0.2, 0.25) is 0 Å². The van der Waals surface area contributed by atoms with Gasteiger partial charge in [0.1, 0.15) is 11.6 Å². The normalized spacial score (nSPS) is 10.6. The number of ether oxygens (including phenoxy) is 1. The van der Waals surface area contributed by atoms with Crippen LogP contribution in [-0.4, -0.2) is 16.2 Å². The van der Waals surface area contributed by atoms with Gasteiger partial charge in [-0.2, -0.15) is 0 Å². The van der Waals surface area contributed by atoms with Crippen LogP contribution in [0.3, 0.4) is 0 Å². The highest BCUT2D eigenvalue weighted by Gasteiger charge is 2.06. The van der Waals surface area contributed by atoms with E-state index in [-0.39, 0.29) is 0 Å². The number of rotatable bonds is 4. The largest absolute Gasteiger partial charge is 0.493 e. The molecule has 0 bridgehead atoms. The second kappa shape index (κ2) is 5.12. The van der Waals surface area contributed by atoms with Crippen LogP contribution in [0.5, 0.6) is 5.75 Å². The van der Waals surface area contributed by atoms with Crippen molar-refractivity contribution in [2.45, 2.75) is 20.3 Å². The maximum atomic E-state index is 5.84. The van der Waals surface area contributed by atoms with Gasteiger partial charge in [0.05, 0.1) is 6.61 Å². The zero-order chi connectivity index (χ0) is 13.1. The summed E-state index contributed by atoms with van der Waals surface area (Å²) in [5.41, 5.74) is 8.72. The Morgan fingerprint density at radius 2 is 1.94 bits per heavy atom. The Hall–Kier alpha value is -1.97. The van der Waals surface area contributed by atoms with E-state index in [1.54, 1.807) is 6.20 Å². The Morgan fingerprint density at radius 3 is 2.50 bits per heavy atom. The Bertz CT molecular complexity index is 523. The van der Waals surface area contributed by atoms with Gasteiger partial charge in [-0.25, -0.2) is 4.98 Å². The number of nitrogen functional groups attached to an aromatic ring is 1. The fourth-order valence-corrected chi connectivity index (χ4v) is 2.09. The molecule has 96 valence electrons. The maximum absolute atomic E-state index is 5.84. The minimum Gasteiger partial charge on any atom is -0.493 e. The number of aromatic nitrogens is 2. The Labute approximate surface area is 107 Å². The lowest BCUT2D eigenvalue weighted by molar-refractivity contribution is 0.313. The van der Waals surface area contributed by atoms with E-state index < -0.39 is 0 Å². The lowest BCUT2D eigenvalue weighted by Crippen LogP contribution is -2.07. The van der Waals surface area contributed by atoms with E-state index in [1.807, 2.05) is 43.8 Å². The molecule has 2 aromatic rings. The number of nitrogens with two attached hydrogens (primary N) is 1. The van der Waals surface area contributed by atoms with E-state index in [4.69, 9.17) is 10.5 Å². The zero-order valence-corrected chi connectivity index (χ0v) is 11.1. The summed E-state index contributed by atoms with van der Waals surface area (Å²) in [4.78, 5) is 4.27. The van der Waals surface area contributed by atoms with E-state index >= 15 is 0 Å². The highest BCUT2D eigenvalue weighted by Crippen LogP contribution is 2.25. The van der Waals surface area contributed by atoms with Gasteiger partial charge in [-0.1, -0.05) is 0 Å². The van der Waals surface area contributed by atoms with E-state index in [1.165, 1.54) is 0 Å². The van der Waals surface area contributed by atoms with E-state index in [0.717, 1.165) is 34.8 Å². The molecule has 4 heteroatoms. The Kier molecular flexibility index (Phi) is 3.55. The van der Waals surface area contributed by atoms with Crippen LogP contribution in [-0.2, 0) is 13.5 Å². The van der Waals surface area contributed by atoms with Crippen molar-refractivity contribution in [3.8, 4) is 5.75 Å². The van der Waals surface area contributed by atoms with Crippen molar-refractivity contribution >= 4 is 5.69 Å². The molecule has 2 N–H and O–H groups in total. The third-order valence-corrected chi connectivity index (χ3v) is 2.98. The van der Waals surface area contributed by atoms with E-state index in [0.29, 0.717) is 6.61 Å². The summed E-state index contributed by atoms with van der Waals surface area (Å²) >= 11 is 0. The number of anilines is 1. The van der Waals surface area contributed by atoms with Gasteiger partial charge < -0.3 is 15.0 Å². The third kappa shape index (κ3) is 2.64. The molecule has 0 fully saturated rings. The van der Waals surface area contributed by atoms with Crippen LogP contribution in [0, 0.1) is 13.8 Å². The summed E-state index contributed by atoms with van der Waals surface area (Å²) in [6.45, 7) is 4.65. The first-order chi connectivity index (χ1) is 8.58. The summed E-state index contributed by atoms with van der Waals surface area (Å²) in [6.07, 6.45) is 4.54. The number of nitrogens with zero attached hydrogens (tertiary/aromatic N) is 2. The molecular formula is C14H19N3O. The van der Waals surface area contributed by atoms with Gasteiger partial charge in [0, 0.05) is 31.5 Å². The SMILES string of the molecule is Cc1cc(N)cc(C)c1OCCc1nccn1C. The standard InChI is InChI=1S/C14H19N3O/c1-10-8-12(15)9-11(2)14(10)18-7-4-13-16-5-6-17(13)3/h5-6,8-9H,4,7,15H2,1-3H3. The highest BCUT2D eigenvalue weighted by atomic mass is 16.5. The minimum atomic E-state index is 0.621. The molecule has 1 aromatic heterocycles. The van der Waals surface area contributed by atoms with Crippen LogP contribution < -0.4 is 10.5 Å². The lowest BCUT2D eigenvalue weighted by atomic mass is 10.1. The van der Waals surface area contributed by atoms with E-state index in [2.05, 4.69) is 4.98 Å². The van der Waals surface area contributed by atoms with Crippen molar-refractivity contribution in [3.05, 3.63) is 41.5 Å². The monoisotopic (exact) mass is 245 g/mol. The molecule has 2 rings (SSSR count). The van der Waals surface area contributed by atoms with Crippen molar-refractivity contribution in [1.29, 1.82) is 0 Å². The molecule has 0 aliphatic heterocycles. The molecule has 1 heterocycles. The van der Waals surface area contributed by atoms with Crippen LogP contribution in [0.25, 0.3) is 0 Å². The molecule has 0 atom stereocenters. The maximum Gasteiger partial charge on any atom is 0.125 e. The summed E-state index contributed by atoms with van der Waals surface area (Å²) in [5, 5.41) is 0. The number of aryl methyl sites for hydroxylation is 3. The van der Waals surface area contributed by atoms with Gasteiger partial charge in [-0.3, -0.25) is 0 Å². The molecular weight excluding hydrogens is 226 g/mol. The average Bonchev–Trinajstić information content (AvgIpc) is 2.68. The van der Waals surface area contributed by atoms with Gasteiger partial charge in [-0.05, 0) is 37.1 Å². The topological polar surface area (TPSA) is 53.1 Å². The molecule has 0 saturated carbocycles. The Balaban J connectivity index is 2.01. The fourth-order valence-electron chi connectivity index (χ4n) is 2.09. The van der Waals surface area contributed by atoms with Crippen LogP contribution in [0.15, 0.2) is 24.5 Å². The number of hydrogen-bond acceptors (Lipinski definition) is 3. The summed E-state index contributed by atoms with van der Waals surface area (Å²) < 4.78 is 7.85. The molecule has 18 heavy (non-hydrogen) atoms. The number of imidazole rings is 1. The molecule has 0 saturated heterocycles. The summed E-state index contributed by atoms with van der Waals surface area (Å²) in [6, 6.07) is 3.87. The van der Waals surface area contributed by atoms with Crippen LogP contribution in [0.1, 0.15) is 17.0 Å². The van der Waals surface area contributed by atoms with Gasteiger partial charge in [-0.15, -0.1) is 0 Å². The first-order valence-electron chi connectivity index (χ1n) is 6.03. The molecule has 0 spiro atoms.